The Hall–Kier alpha value is -3.43. The van der Waals surface area contributed by atoms with Gasteiger partial charge in [-0.15, -0.1) is 5.10 Å². The average molecular weight is 458 g/mol. The third-order valence-electron chi connectivity index (χ3n) is 5.16. The molecule has 0 saturated carbocycles. The van der Waals surface area contributed by atoms with Crippen molar-refractivity contribution in [2.45, 2.75) is 58.9 Å². The summed E-state index contributed by atoms with van der Waals surface area (Å²) in [4.78, 5) is 40.2. The maximum absolute atomic E-state index is 12.8. The molecule has 3 rings (SSSR count). The molecule has 0 spiro atoms. The van der Waals surface area contributed by atoms with Crippen LogP contribution in [0.3, 0.4) is 0 Å². The summed E-state index contributed by atoms with van der Waals surface area (Å²) in [5, 5.41) is 7.83. The van der Waals surface area contributed by atoms with Crippen molar-refractivity contribution in [1.82, 2.24) is 24.8 Å². The molecule has 2 amide bonds. The van der Waals surface area contributed by atoms with Gasteiger partial charge in [0, 0.05) is 33.1 Å². The Morgan fingerprint density at radius 3 is 2.45 bits per heavy atom. The van der Waals surface area contributed by atoms with Crippen molar-refractivity contribution < 1.29 is 23.9 Å². The van der Waals surface area contributed by atoms with E-state index in [1.165, 1.54) is 6.92 Å². The van der Waals surface area contributed by atoms with Crippen LogP contribution in [0.2, 0.25) is 0 Å². The molecule has 0 radical (unpaired) electrons. The van der Waals surface area contributed by atoms with Gasteiger partial charge < -0.3 is 19.3 Å². The maximum Gasteiger partial charge on any atom is 0.410 e. The number of hydrogen-bond donors (Lipinski definition) is 0. The van der Waals surface area contributed by atoms with Crippen LogP contribution in [0, 0.1) is 0 Å². The van der Waals surface area contributed by atoms with Crippen LogP contribution in [0.1, 0.15) is 50.2 Å². The molecule has 0 bridgehead atoms. The van der Waals surface area contributed by atoms with Gasteiger partial charge in [0.25, 0.3) is 0 Å². The normalized spacial score (nSPS) is 16.4. The van der Waals surface area contributed by atoms with Gasteiger partial charge in [0.2, 0.25) is 0 Å². The topological polar surface area (TPSA) is 107 Å². The summed E-state index contributed by atoms with van der Waals surface area (Å²) in [6.07, 6.45) is 1.23. The van der Waals surface area contributed by atoms with Gasteiger partial charge in [-0.05, 0) is 32.8 Å². The average Bonchev–Trinajstić information content (AvgIpc) is 3.25. The summed E-state index contributed by atoms with van der Waals surface area (Å²) in [5.74, 6) is -0.165. The Labute approximate surface area is 193 Å². The van der Waals surface area contributed by atoms with E-state index < -0.39 is 17.8 Å². The molecule has 1 saturated heterocycles. The summed E-state index contributed by atoms with van der Waals surface area (Å²) in [5.41, 5.74) is 0.561. The first-order valence-corrected chi connectivity index (χ1v) is 11.0. The van der Waals surface area contributed by atoms with Gasteiger partial charge in [0.15, 0.2) is 5.78 Å². The van der Waals surface area contributed by atoms with E-state index in [1.54, 1.807) is 20.7 Å². The van der Waals surface area contributed by atoms with E-state index in [4.69, 9.17) is 9.47 Å². The molecule has 0 N–H and O–H groups in total. The number of carbonyl (C=O) groups is 3. The van der Waals surface area contributed by atoms with Gasteiger partial charge >= 0.3 is 12.2 Å². The van der Waals surface area contributed by atoms with E-state index in [-0.39, 0.29) is 24.1 Å². The molecule has 10 nitrogen and oxygen atoms in total. The van der Waals surface area contributed by atoms with Crippen molar-refractivity contribution in [1.29, 1.82) is 0 Å². The fraction of sp³-hybridized carbons (Fsp3) is 0.522. The van der Waals surface area contributed by atoms with Crippen LogP contribution < -0.4 is 0 Å². The highest BCUT2D eigenvalue weighted by molar-refractivity contribution is 5.91. The zero-order chi connectivity index (χ0) is 24.0. The van der Waals surface area contributed by atoms with E-state index in [0.29, 0.717) is 32.6 Å². The number of ether oxygens (including phenoxy) is 2. The fourth-order valence-electron chi connectivity index (χ4n) is 3.49. The van der Waals surface area contributed by atoms with Crippen LogP contribution in [0.5, 0.6) is 0 Å². The number of benzene rings is 1. The molecule has 1 aliphatic heterocycles. The predicted octanol–water partition coefficient (Wildman–Crippen LogP) is 3.13. The SMILES string of the molecule is CC(=O)c1cn(CC[C@@H]2CN(C(=O)OCc3ccccc3)CCN2C(=O)OC(C)(C)C)nn1. The van der Waals surface area contributed by atoms with Crippen LogP contribution in [0.15, 0.2) is 36.5 Å². The molecule has 0 aliphatic carbocycles. The lowest BCUT2D eigenvalue weighted by Gasteiger charge is -2.41. The molecule has 0 unspecified atom stereocenters. The minimum atomic E-state index is -0.629. The molecule has 1 aliphatic rings. The number of hydrogen-bond acceptors (Lipinski definition) is 7. The molecular weight excluding hydrogens is 426 g/mol. The minimum absolute atomic E-state index is 0.165. The number of Topliss-reactive ketones (excluding diaryl/α,β-unsaturated/α-hetero) is 1. The summed E-state index contributed by atoms with van der Waals surface area (Å²) in [6, 6.07) is 9.16. The first-order chi connectivity index (χ1) is 15.6. The largest absolute Gasteiger partial charge is 0.445 e. The van der Waals surface area contributed by atoms with Crippen molar-refractivity contribution in [3.05, 3.63) is 47.8 Å². The quantitative estimate of drug-likeness (QED) is 0.614. The first-order valence-electron chi connectivity index (χ1n) is 11.0. The van der Waals surface area contributed by atoms with Gasteiger partial charge in [-0.1, -0.05) is 35.5 Å². The van der Waals surface area contributed by atoms with Gasteiger partial charge in [-0.2, -0.15) is 0 Å². The Bertz CT molecular complexity index is 969. The lowest BCUT2D eigenvalue weighted by molar-refractivity contribution is -0.00515. The van der Waals surface area contributed by atoms with E-state index in [2.05, 4.69) is 10.3 Å². The number of aromatic nitrogens is 3. The molecule has 33 heavy (non-hydrogen) atoms. The number of ketones is 1. The van der Waals surface area contributed by atoms with E-state index in [1.807, 2.05) is 51.1 Å². The van der Waals surface area contributed by atoms with Crippen LogP contribution in [0.4, 0.5) is 9.59 Å². The van der Waals surface area contributed by atoms with Crippen molar-refractivity contribution in [2.75, 3.05) is 19.6 Å². The number of carbonyl (C=O) groups excluding carboxylic acids is 3. The standard InChI is InChI=1S/C23H31N5O5/c1-17(29)20-15-27(25-24-20)11-10-19-14-26(12-13-28(19)22(31)33-23(2,3)4)21(30)32-16-18-8-6-5-7-9-18/h5-9,15,19H,10-14,16H2,1-4H3/t19-/m1/s1. The minimum Gasteiger partial charge on any atom is -0.445 e. The molecular formula is C23H31N5O5. The highest BCUT2D eigenvalue weighted by Gasteiger charge is 2.35. The lowest BCUT2D eigenvalue weighted by Crippen LogP contribution is -2.57. The lowest BCUT2D eigenvalue weighted by atomic mass is 10.1. The Morgan fingerprint density at radius 1 is 1.09 bits per heavy atom. The van der Waals surface area contributed by atoms with Crippen molar-refractivity contribution in [3.63, 3.8) is 0 Å². The summed E-state index contributed by atoms with van der Waals surface area (Å²) in [7, 11) is 0. The third-order valence-corrected chi connectivity index (χ3v) is 5.16. The second kappa shape index (κ2) is 10.5. The van der Waals surface area contributed by atoms with Gasteiger partial charge in [0.05, 0.1) is 12.2 Å². The van der Waals surface area contributed by atoms with Crippen LogP contribution in [-0.2, 0) is 22.6 Å². The number of rotatable bonds is 6. The van der Waals surface area contributed by atoms with Crippen molar-refractivity contribution in [3.8, 4) is 0 Å². The predicted molar refractivity (Wildman–Crippen MR) is 120 cm³/mol. The van der Waals surface area contributed by atoms with Crippen LogP contribution in [-0.4, -0.2) is 74.0 Å². The van der Waals surface area contributed by atoms with E-state index >= 15 is 0 Å². The smallest absolute Gasteiger partial charge is 0.410 e. The Balaban J connectivity index is 1.65. The number of piperazine rings is 1. The summed E-state index contributed by atoms with van der Waals surface area (Å²) >= 11 is 0. The van der Waals surface area contributed by atoms with E-state index in [9.17, 15) is 14.4 Å². The van der Waals surface area contributed by atoms with Crippen LogP contribution >= 0.6 is 0 Å². The van der Waals surface area contributed by atoms with E-state index in [0.717, 1.165) is 5.56 Å². The first kappa shape index (κ1) is 24.2. The Kier molecular flexibility index (Phi) is 7.67. The van der Waals surface area contributed by atoms with Crippen molar-refractivity contribution in [2.24, 2.45) is 0 Å². The second-order valence-electron chi connectivity index (χ2n) is 9.03. The molecule has 1 aromatic carbocycles. The highest BCUT2D eigenvalue weighted by atomic mass is 16.6. The molecule has 178 valence electrons. The molecule has 1 fully saturated rings. The maximum atomic E-state index is 12.8. The zero-order valence-corrected chi connectivity index (χ0v) is 19.6. The summed E-state index contributed by atoms with van der Waals surface area (Å²) < 4.78 is 12.6. The van der Waals surface area contributed by atoms with Gasteiger partial charge in [0.1, 0.15) is 17.9 Å². The van der Waals surface area contributed by atoms with Gasteiger partial charge in [-0.3, -0.25) is 9.48 Å². The molecule has 1 atom stereocenters. The second-order valence-corrected chi connectivity index (χ2v) is 9.03. The molecule has 2 aromatic rings. The monoisotopic (exact) mass is 457 g/mol. The third kappa shape index (κ3) is 7.03. The molecule has 2 heterocycles. The highest BCUT2D eigenvalue weighted by Crippen LogP contribution is 2.19. The fourth-order valence-corrected chi connectivity index (χ4v) is 3.49. The van der Waals surface area contributed by atoms with Gasteiger partial charge in [-0.25, -0.2) is 9.59 Å². The summed E-state index contributed by atoms with van der Waals surface area (Å²) in [6.45, 7) is 8.47. The van der Waals surface area contributed by atoms with Crippen molar-refractivity contribution >= 4 is 18.0 Å². The Morgan fingerprint density at radius 2 is 1.82 bits per heavy atom. The van der Waals surface area contributed by atoms with Crippen LogP contribution in [0.25, 0.3) is 0 Å². The number of aryl methyl sites for hydroxylation is 1. The molecule has 10 heteroatoms. The number of amides is 2. The zero-order valence-electron chi connectivity index (χ0n) is 19.6. The molecule has 1 aromatic heterocycles. The number of nitrogens with zero attached hydrogens (tertiary/aromatic N) is 5.